The summed E-state index contributed by atoms with van der Waals surface area (Å²) in [5.41, 5.74) is 0. The minimum Gasteiger partial charge on any atom is -0.387 e. The molecule has 0 aromatic carbocycles. The van der Waals surface area contributed by atoms with E-state index in [1.807, 2.05) is 27.2 Å². The van der Waals surface area contributed by atoms with Crippen molar-refractivity contribution >= 4 is 13.7 Å². The van der Waals surface area contributed by atoms with Crippen molar-refractivity contribution in [2.45, 2.75) is 212 Å². The number of hydrogen-bond acceptors (Lipinski definition) is 5. The van der Waals surface area contributed by atoms with Crippen molar-refractivity contribution in [2.75, 3.05) is 40.9 Å². The average molecular weight is 798 g/mol. The third-order valence-corrected chi connectivity index (χ3v) is 11.1. The van der Waals surface area contributed by atoms with Gasteiger partial charge in [0.1, 0.15) is 13.2 Å². The molecule has 0 saturated heterocycles. The minimum absolute atomic E-state index is 0.0584. The lowest BCUT2D eigenvalue weighted by Crippen LogP contribution is -2.45. The molecule has 0 aliphatic heterocycles. The molecule has 0 aromatic heterocycles. The van der Waals surface area contributed by atoms with Crippen LogP contribution < -0.4 is 5.32 Å². The first kappa shape index (κ1) is 53.7. The van der Waals surface area contributed by atoms with Crippen LogP contribution in [0.4, 0.5) is 0 Å². The number of nitrogens with one attached hydrogen (secondary N) is 1. The molecule has 8 nitrogen and oxygen atoms in total. The van der Waals surface area contributed by atoms with Crippen molar-refractivity contribution in [1.82, 2.24) is 5.32 Å². The summed E-state index contributed by atoms with van der Waals surface area (Å²) in [7, 11) is 1.56. The van der Waals surface area contributed by atoms with Gasteiger partial charge in [-0.3, -0.25) is 13.8 Å². The Morgan fingerprint density at radius 1 is 0.618 bits per heavy atom. The molecule has 0 aliphatic rings. The van der Waals surface area contributed by atoms with E-state index in [2.05, 4.69) is 43.5 Å². The first-order chi connectivity index (χ1) is 26.5. The summed E-state index contributed by atoms with van der Waals surface area (Å²) in [6.07, 6.45) is 46.3. The van der Waals surface area contributed by atoms with Crippen LogP contribution in [-0.4, -0.2) is 73.4 Å². The highest BCUT2D eigenvalue weighted by Gasteiger charge is 2.27. The molecule has 3 atom stereocenters. The Morgan fingerprint density at radius 3 is 1.51 bits per heavy atom. The molecule has 0 saturated carbocycles. The summed E-state index contributed by atoms with van der Waals surface area (Å²) < 4.78 is 23.6. The number of allylic oxidation sites excluding steroid dienone is 5. The number of carbonyl (C=O) groups excluding carboxylic acids is 1. The number of aliphatic hydroxyl groups excluding tert-OH is 1. The highest BCUT2D eigenvalue weighted by Crippen LogP contribution is 2.43. The second-order valence-electron chi connectivity index (χ2n) is 16.8. The lowest BCUT2D eigenvalue weighted by molar-refractivity contribution is -0.870. The fourth-order valence-corrected chi connectivity index (χ4v) is 7.16. The molecule has 55 heavy (non-hydrogen) atoms. The number of likely N-dealkylation sites (N-methyl/N-ethyl adjacent to an activating group) is 1. The molecule has 3 unspecified atom stereocenters. The Kier molecular flexibility index (Phi) is 37.4. The molecule has 0 aliphatic carbocycles. The number of unbranched alkanes of at least 4 members (excludes halogenated alkanes) is 24. The van der Waals surface area contributed by atoms with Crippen LogP contribution in [0.2, 0.25) is 0 Å². The summed E-state index contributed by atoms with van der Waals surface area (Å²) >= 11 is 0. The van der Waals surface area contributed by atoms with E-state index in [1.165, 1.54) is 116 Å². The maximum Gasteiger partial charge on any atom is 0.472 e. The Morgan fingerprint density at radius 2 is 1.04 bits per heavy atom. The van der Waals surface area contributed by atoms with Gasteiger partial charge < -0.3 is 19.8 Å². The van der Waals surface area contributed by atoms with Crippen LogP contribution in [0.15, 0.2) is 36.5 Å². The van der Waals surface area contributed by atoms with Crippen molar-refractivity contribution in [3.8, 4) is 0 Å². The fourth-order valence-electron chi connectivity index (χ4n) is 6.42. The molecular weight excluding hydrogens is 707 g/mol. The highest BCUT2D eigenvalue weighted by molar-refractivity contribution is 7.47. The lowest BCUT2D eigenvalue weighted by atomic mass is 10.0. The second kappa shape index (κ2) is 38.2. The fraction of sp³-hybridized carbons (Fsp3) is 0.848. The maximum absolute atomic E-state index is 12.9. The number of phosphoric ester groups is 1. The van der Waals surface area contributed by atoms with Crippen molar-refractivity contribution in [1.29, 1.82) is 0 Å². The topological polar surface area (TPSA) is 105 Å². The standard InChI is InChI=1S/C46H89N2O6P/c1-6-8-10-12-14-16-18-20-22-24-25-27-29-31-33-35-37-39-45(49)44(43-54-55(51,52)53-42-41-48(3,4)5)47-46(50)40-38-36-34-32-30-28-26-23-21-19-17-15-13-11-9-7-2/h17,19,23,26,37,39,44-45,49H,6-16,18,20-22,24-25,27-36,38,40-43H2,1-5H3,(H-,47,50,51,52)/p+1/b19-17-,26-23-,39-37+. The number of aliphatic hydroxyl groups is 1. The summed E-state index contributed by atoms with van der Waals surface area (Å²) in [5.74, 6) is -0.191. The van der Waals surface area contributed by atoms with E-state index in [0.29, 0.717) is 17.4 Å². The molecular formula is C46H90N2O6P+. The predicted molar refractivity (Wildman–Crippen MR) is 235 cm³/mol. The smallest absolute Gasteiger partial charge is 0.387 e. The zero-order valence-electron chi connectivity index (χ0n) is 36.7. The van der Waals surface area contributed by atoms with E-state index in [0.717, 1.165) is 64.2 Å². The van der Waals surface area contributed by atoms with Crippen LogP contribution in [-0.2, 0) is 18.4 Å². The predicted octanol–water partition coefficient (Wildman–Crippen LogP) is 12.7. The molecule has 1 amide bonds. The SMILES string of the molecule is CCCCCC/C=C\C/C=C\CCCCCCCC(=O)NC(COP(=O)(O)OCC[N+](C)(C)C)C(O)/C=C/CCCCCCCCCCCCCCCCC. The van der Waals surface area contributed by atoms with Gasteiger partial charge in [-0.05, 0) is 51.4 Å². The average Bonchev–Trinajstić information content (AvgIpc) is 3.13. The minimum atomic E-state index is -4.34. The molecule has 0 bridgehead atoms. The largest absolute Gasteiger partial charge is 0.472 e. The van der Waals surface area contributed by atoms with Crippen LogP contribution in [0, 0.1) is 0 Å². The van der Waals surface area contributed by atoms with Gasteiger partial charge in [0.15, 0.2) is 0 Å². The normalized spacial score (nSPS) is 14.7. The van der Waals surface area contributed by atoms with Crippen LogP contribution in [0.5, 0.6) is 0 Å². The zero-order chi connectivity index (χ0) is 40.7. The Hall–Kier alpha value is -1.28. The summed E-state index contributed by atoms with van der Waals surface area (Å²) in [5, 5.41) is 13.8. The van der Waals surface area contributed by atoms with Crippen LogP contribution in [0.1, 0.15) is 200 Å². The number of hydrogen-bond donors (Lipinski definition) is 3. The van der Waals surface area contributed by atoms with E-state index in [-0.39, 0.29) is 19.1 Å². The third kappa shape index (κ3) is 40.7. The second-order valence-corrected chi connectivity index (χ2v) is 18.2. The van der Waals surface area contributed by atoms with Crippen LogP contribution in [0.3, 0.4) is 0 Å². The quantitative estimate of drug-likeness (QED) is 0.0246. The van der Waals surface area contributed by atoms with E-state index >= 15 is 0 Å². The monoisotopic (exact) mass is 798 g/mol. The van der Waals surface area contributed by atoms with E-state index in [4.69, 9.17) is 9.05 Å². The molecule has 0 spiro atoms. The molecule has 324 valence electrons. The van der Waals surface area contributed by atoms with Crippen LogP contribution in [0.25, 0.3) is 0 Å². The van der Waals surface area contributed by atoms with E-state index in [1.54, 1.807) is 6.08 Å². The van der Waals surface area contributed by atoms with Gasteiger partial charge in [-0.15, -0.1) is 0 Å². The van der Waals surface area contributed by atoms with Crippen molar-refractivity contribution in [2.24, 2.45) is 0 Å². The Balaban J connectivity index is 4.44. The molecule has 0 rings (SSSR count). The molecule has 0 aromatic rings. The van der Waals surface area contributed by atoms with E-state index in [9.17, 15) is 19.4 Å². The summed E-state index contributed by atoms with van der Waals surface area (Å²) in [6, 6.07) is -0.852. The van der Waals surface area contributed by atoms with Crippen LogP contribution >= 0.6 is 7.82 Å². The number of amides is 1. The van der Waals surface area contributed by atoms with Gasteiger partial charge in [0.25, 0.3) is 0 Å². The van der Waals surface area contributed by atoms with Gasteiger partial charge in [0.05, 0.1) is 39.9 Å². The van der Waals surface area contributed by atoms with E-state index < -0.39 is 20.0 Å². The molecule has 0 heterocycles. The van der Waals surface area contributed by atoms with Gasteiger partial charge in [0, 0.05) is 6.42 Å². The maximum atomic E-state index is 12.9. The van der Waals surface area contributed by atoms with Crippen molar-refractivity contribution in [3.05, 3.63) is 36.5 Å². The van der Waals surface area contributed by atoms with Crippen molar-refractivity contribution < 1.29 is 32.9 Å². The third-order valence-electron chi connectivity index (χ3n) is 10.1. The molecule has 0 radical (unpaired) electrons. The number of quaternary nitrogens is 1. The van der Waals surface area contributed by atoms with Gasteiger partial charge in [0.2, 0.25) is 5.91 Å². The number of phosphoric acid groups is 1. The Labute approximate surface area is 340 Å². The number of rotatable bonds is 41. The molecule has 3 N–H and O–H groups in total. The number of carbonyl (C=O) groups is 1. The van der Waals surface area contributed by atoms with Gasteiger partial charge in [-0.2, -0.15) is 0 Å². The first-order valence-electron chi connectivity index (χ1n) is 22.9. The van der Waals surface area contributed by atoms with Gasteiger partial charge in [-0.25, -0.2) is 4.57 Å². The summed E-state index contributed by atoms with van der Waals surface area (Å²) in [4.78, 5) is 23.1. The number of nitrogens with zero attached hydrogens (tertiary/aromatic N) is 1. The summed E-state index contributed by atoms with van der Waals surface area (Å²) in [6.45, 7) is 4.79. The van der Waals surface area contributed by atoms with Crippen molar-refractivity contribution in [3.63, 3.8) is 0 Å². The highest BCUT2D eigenvalue weighted by atomic mass is 31.2. The first-order valence-corrected chi connectivity index (χ1v) is 24.4. The van der Waals surface area contributed by atoms with Gasteiger partial charge >= 0.3 is 7.82 Å². The van der Waals surface area contributed by atoms with Gasteiger partial charge in [-0.1, -0.05) is 179 Å². The zero-order valence-corrected chi connectivity index (χ0v) is 37.6. The Bertz CT molecular complexity index is 995. The molecule has 9 heteroatoms. The molecule has 0 fully saturated rings. The lowest BCUT2D eigenvalue weighted by Gasteiger charge is -2.25.